The molecule has 106 valence electrons. The van der Waals surface area contributed by atoms with Crippen molar-refractivity contribution in [3.05, 3.63) is 36.3 Å². The van der Waals surface area contributed by atoms with Crippen molar-refractivity contribution in [2.75, 3.05) is 13.1 Å². The van der Waals surface area contributed by atoms with Gasteiger partial charge in [0.15, 0.2) is 0 Å². The minimum atomic E-state index is -0.884. The van der Waals surface area contributed by atoms with Crippen LogP contribution in [-0.2, 0) is 7.05 Å². The Labute approximate surface area is 115 Å². The molecule has 2 atom stereocenters. The normalized spacial score (nSPS) is 22.4. The number of aliphatic hydroxyl groups is 2. The number of carbonyl (C=O) groups is 1. The summed E-state index contributed by atoms with van der Waals surface area (Å²) in [7, 11) is 1.76. The fraction of sp³-hybridized carbons (Fsp3) is 0.385. The lowest BCUT2D eigenvalue weighted by Gasteiger charge is -2.16. The molecule has 1 amide bonds. The third kappa shape index (κ3) is 2.00. The second kappa shape index (κ2) is 4.77. The molecule has 2 unspecified atom stereocenters. The van der Waals surface area contributed by atoms with Crippen molar-refractivity contribution in [1.29, 1.82) is 0 Å². The van der Waals surface area contributed by atoms with Gasteiger partial charge in [-0.3, -0.25) is 9.48 Å². The molecule has 2 aromatic heterocycles. The van der Waals surface area contributed by atoms with Crippen molar-refractivity contribution in [1.82, 2.24) is 19.2 Å². The van der Waals surface area contributed by atoms with Gasteiger partial charge < -0.3 is 19.7 Å². The van der Waals surface area contributed by atoms with Crippen LogP contribution in [0.2, 0.25) is 0 Å². The molecule has 20 heavy (non-hydrogen) atoms. The second-order valence-corrected chi connectivity index (χ2v) is 4.94. The van der Waals surface area contributed by atoms with E-state index in [4.69, 9.17) is 0 Å². The van der Waals surface area contributed by atoms with Crippen LogP contribution < -0.4 is 0 Å². The Kier molecular flexibility index (Phi) is 3.07. The highest BCUT2D eigenvalue weighted by Crippen LogP contribution is 2.19. The first-order valence-corrected chi connectivity index (χ1v) is 6.38. The summed E-state index contributed by atoms with van der Waals surface area (Å²) in [5, 5.41) is 23.2. The Balaban J connectivity index is 1.94. The molecule has 2 aromatic rings. The Morgan fingerprint density at radius 3 is 2.45 bits per heavy atom. The van der Waals surface area contributed by atoms with E-state index in [2.05, 4.69) is 5.10 Å². The number of rotatable bonds is 2. The summed E-state index contributed by atoms with van der Waals surface area (Å²) in [6.07, 6.45) is 3.41. The first kappa shape index (κ1) is 12.9. The van der Waals surface area contributed by atoms with Crippen LogP contribution in [0.15, 0.2) is 30.7 Å². The first-order chi connectivity index (χ1) is 9.58. The van der Waals surface area contributed by atoms with E-state index in [-0.39, 0.29) is 19.0 Å². The summed E-state index contributed by atoms with van der Waals surface area (Å²) in [5.74, 6) is 0.424. The van der Waals surface area contributed by atoms with Gasteiger partial charge in [0.25, 0.3) is 5.91 Å². The standard InChI is InChI=1S/C13H16N4O3/c1-15-12(16-4-2-3-5-16)9(6-14-15)13(20)17-7-10(18)11(19)8-17/h2-6,10-11,18-19H,7-8H2,1H3. The zero-order chi connectivity index (χ0) is 14.3. The average molecular weight is 276 g/mol. The van der Waals surface area contributed by atoms with E-state index in [0.29, 0.717) is 11.4 Å². The molecule has 1 fully saturated rings. The predicted molar refractivity (Wildman–Crippen MR) is 70.5 cm³/mol. The van der Waals surface area contributed by atoms with Gasteiger partial charge in [0.1, 0.15) is 11.4 Å². The molecule has 0 bridgehead atoms. The molecule has 0 aliphatic carbocycles. The molecule has 3 rings (SSSR count). The van der Waals surface area contributed by atoms with E-state index in [1.807, 2.05) is 29.1 Å². The smallest absolute Gasteiger partial charge is 0.259 e. The molecule has 1 aliphatic rings. The monoisotopic (exact) mass is 276 g/mol. The van der Waals surface area contributed by atoms with Crippen molar-refractivity contribution < 1.29 is 15.0 Å². The van der Waals surface area contributed by atoms with Gasteiger partial charge in [-0.15, -0.1) is 0 Å². The number of nitrogens with zero attached hydrogens (tertiary/aromatic N) is 4. The molecule has 7 heteroatoms. The Morgan fingerprint density at radius 2 is 1.85 bits per heavy atom. The maximum absolute atomic E-state index is 12.5. The van der Waals surface area contributed by atoms with Crippen molar-refractivity contribution in [2.45, 2.75) is 12.2 Å². The number of aryl methyl sites for hydroxylation is 1. The Hall–Kier alpha value is -2.12. The van der Waals surface area contributed by atoms with E-state index < -0.39 is 12.2 Å². The van der Waals surface area contributed by atoms with E-state index in [1.165, 1.54) is 11.1 Å². The van der Waals surface area contributed by atoms with E-state index in [9.17, 15) is 15.0 Å². The Morgan fingerprint density at radius 1 is 1.25 bits per heavy atom. The molecule has 0 aromatic carbocycles. The number of aromatic nitrogens is 3. The van der Waals surface area contributed by atoms with Gasteiger partial charge in [-0.2, -0.15) is 5.10 Å². The second-order valence-electron chi connectivity index (χ2n) is 4.94. The lowest BCUT2D eigenvalue weighted by atomic mass is 10.3. The third-order valence-electron chi connectivity index (χ3n) is 3.53. The van der Waals surface area contributed by atoms with Gasteiger partial charge >= 0.3 is 0 Å². The molecule has 0 radical (unpaired) electrons. The highest BCUT2D eigenvalue weighted by atomic mass is 16.3. The molecule has 2 N–H and O–H groups in total. The summed E-state index contributed by atoms with van der Waals surface area (Å²) in [6.45, 7) is 0.278. The molecule has 0 spiro atoms. The fourth-order valence-corrected chi connectivity index (χ4v) is 2.47. The number of hydrogen-bond donors (Lipinski definition) is 2. The molecular weight excluding hydrogens is 260 g/mol. The van der Waals surface area contributed by atoms with Crippen LogP contribution in [0.1, 0.15) is 10.4 Å². The fourth-order valence-electron chi connectivity index (χ4n) is 2.47. The van der Waals surface area contributed by atoms with Crippen LogP contribution in [-0.4, -0.2) is 60.7 Å². The van der Waals surface area contributed by atoms with Gasteiger partial charge in [-0.05, 0) is 12.1 Å². The average Bonchev–Trinajstić information content (AvgIpc) is 3.10. The third-order valence-corrected chi connectivity index (χ3v) is 3.53. The lowest BCUT2D eigenvalue weighted by Crippen LogP contribution is -2.30. The Bertz CT molecular complexity index is 610. The zero-order valence-electron chi connectivity index (χ0n) is 11.0. The number of likely N-dealkylation sites (tertiary alicyclic amines) is 1. The summed E-state index contributed by atoms with van der Waals surface area (Å²) in [4.78, 5) is 13.9. The van der Waals surface area contributed by atoms with Gasteiger partial charge in [-0.1, -0.05) is 0 Å². The van der Waals surface area contributed by atoms with Crippen molar-refractivity contribution >= 4 is 5.91 Å². The zero-order valence-corrected chi connectivity index (χ0v) is 11.0. The lowest BCUT2D eigenvalue weighted by molar-refractivity contribution is 0.0572. The minimum absolute atomic E-state index is 0.139. The summed E-state index contributed by atoms with van der Waals surface area (Å²) < 4.78 is 3.43. The number of β-amino-alcohol motifs (C(OH)–C–C–N with tert-alkyl or cyclic N) is 2. The summed E-state index contributed by atoms with van der Waals surface area (Å²) >= 11 is 0. The number of carbonyl (C=O) groups excluding carboxylic acids is 1. The maximum atomic E-state index is 12.5. The summed E-state index contributed by atoms with van der Waals surface area (Å²) in [6, 6.07) is 3.73. The highest BCUT2D eigenvalue weighted by molar-refractivity contribution is 5.97. The van der Waals surface area contributed by atoms with Crippen LogP contribution >= 0.6 is 0 Å². The maximum Gasteiger partial charge on any atom is 0.259 e. The van der Waals surface area contributed by atoms with Crippen LogP contribution in [0.3, 0.4) is 0 Å². The SMILES string of the molecule is Cn1ncc(C(=O)N2CC(O)C(O)C2)c1-n1cccc1. The largest absolute Gasteiger partial charge is 0.388 e. The van der Waals surface area contributed by atoms with E-state index >= 15 is 0 Å². The number of hydrogen-bond acceptors (Lipinski definition) is 4. The van der Waals surface area contributed by atoms with Crippen molar-refractivity contribution in [3.63, 3.8) is 0 Å². The van der Waals surface area contributed by atoms with Crippen molar-refractivity contribution in [3.8, 4) is 5.82 Å². The molecule has 3 heterocycles. The van der Waals surface area contributed by atoms with Crippen LogP contribution in [0.25, 0.3) is 5.82 Å². The first-order valence-electron chi connectivity index (χ1n) is 6.38. The predicted octanol–water partition coefficient (Wildman–Crippen LogP) is -0.612. The van der Waals surface area contributed by atoms with Crippen LogP contribution in [0.5, 0.6) is 0 Å². The quantitative estimate of drug-likeness (QED) is 0.766. The summed E-state index contributed by atoms with van der Waals surface area (Å²) in [5.41, 5.74) is 0.449. The molecule has 1 aliphatic heterocycles. The molecule has 1 saturated heterocycles. The van der Waals surface area contributed by atoms with Gasteiger partial charge in [0.2, 0.25) is 0 Å². The number of aliphatic hydroxyl groups excluding tert-OH is 2. The molecule has 0 saturated carbocycles. The number of amides is 1. The van der Waals surface area contributed by atoms with Gasteiger partial charge in [-0.25, -0.2) is 0 Å². The van der Waals surface area contributed by atoms with E-state index in [0.717, 1.165) is 0 Å². The van der Waals surface area contributed by atoms with E-state index in [1.54, 1.807) is 11.7 Å². The van der Waals surface area contributed by atoms with Gasteiger partial charge in [0.05, 0.1) is 18.4 Å². The van der Waals surface area contributed by atoms with Crippen LogP contribution in [0, 0.1) is 0 Å². The molecule has 7 nitrogen and oxygen atoms in total. The molecular formula is C13H16N4O3. The van der Waals surface area contributed by atoms with Crippen molar-refractivity contribution in [2.24, 2.45) is 7.05 Å². The highest BCUT2D eigenvalue weighted by Gasteiger charge is 2.34. The topological polar surface area (TPSA) is 83.5 Å². The minimum Gasteiger partial charge on any atom is -0.388 e. The van der Waals surface area contributed by atoms with Crippen LogP contribution in [0.4, 0.5) is 0 Å². The van der Waals surface area contributed by atoms with Gasteiger partial charge in [0, 0.05) is 32.5 Å².